The Bertz CT molecular complexity index is 1300. The number of halogens is 1. The maximum absolute atomic E-state index is 13.6. The lowest BCUT2D eigenvalue weighted by atomic mass is 9.93. The predicted molar refractivity (Wildman–Crippen MR) is 140 cm³/mol. The van der Waals surface area contributed by atoms with Gasteiger partial charge < -0.3 is 14.6 Å². The van der Waals surface area contributed by atoms with E-state index in [4.69, 9.17) is 9.47 Å². The standard InChI is InChI=1S/C31H28FNO4/c32-25-14-16-26(17-15-25)33-29(24-12-18-27(19-13-24)36-21-23-9-5-2-6-10-23)30(37-31(33)35)28(34)20-11-22-7-3-1-4-8-22/h1-10,12-19,28-30,34H,11,20-21H2/t28-,29+,30+/m0/s1. The summed E-state index contributed by atoms with van der Waals surface area (Å²) >= 11 is 0. The van der Waals surface area contributed by atoms with Gasteiger partial charge in [0.2, 0.25) is 0 Å². The van der Waals surface area contributed by atoms with Gasteiger partial charge in [0.05, 0.1) is 6.10 Å². The molecule has 6 heteroatoms. The Balaban J connectivity index is 1.38. The summed E-state index contributed by atoms with van der Waals surface area (Å²) in [5.74, 6) is 0.291. The number of benzene rings is 4. The third-order valence-electron chi connectivity index (χ3n) is 6.55. The third kappa shape index (κ3) is 5.81. The molecule has 1 N–H and O–H groups in total. The molecule has 0 spiro atoms. The van der Waals surface area contributed by atoms with Crippen molar-refractivity contribution in [3.63, 3.8) is 0 Å². The summed E-state index contributed by atoms with van der Waals surface area (Å²) < 4.78 is 25.2. The minimum Gasteiger partial charge on any atom is -0.489 e. The number of anilines is 1. The van der Waals surface area contributed by atoms with Crippen molar-refractivity contribution >= 4 is 11.8 Å². The monoisotopic (exact) mass is 497 g/mol. The molecule has 5 nitrogen and oxygen atoms in total. The Hall–Kier alpha value is -4.16. The van der Waals surface area contributed by atoms with Crippen LogP contribution >= 0.6 is 0 Å². The first-order valence-electron chi connectivity index (χ1n) is 12.3. The summed E-state index contributed by atoms with van der Waals surface area (Å²) in [5, 5.41) is 11.1. The lowest BCUT2D eigenvalue weighted by Crippen LogP contribution is -2.35. The number of aliphatic hydroxyl groups excluding tert-OH is 1. The van der Waals surface area contributed by atoms with Gasteiger partial charge in [-0.1, -0.05) is 72.8 Å². The Labute approximate surface area is 215 Å². The van der Waals surface area contributed by atoms with Gasteiger partial charge in [-0.05, 0) is 65.9 Å². The molecule has 1 saturated heterocycles. The number of amides is 1. The lowest BCUT2D eigenvalue weighted by molar-refractivity contribution is 0.0146. The molecule has 1 amide bonds. The summed E-state index contributed by atoms with van der Waals surface area (Å²) in [4.78, 5) is 14.5. The van der Waals surface area contributed by atoms with Gasteiger partial charge in [-0.25, -0.2) is 9.18 Å². The second kappa shape index (κ2) is 11.3. The van der Waals surface area contributed by atoms with E-state index in [1.165, 1.54) is 17.0 Å². The summed E-state index contributed by atoms with van der Waals surface area (Å²) in [5.41, 5.74) is 3.44. The summed E-state index contributed by atoms with van der Waals surface area (Å²) in [6, 6.07) is 32.3. The predicted octanol–water partition coefficient (Wildman–Crippen LogP) is 6.46. The van der Waals surface area contributed by atoms with Crippen molar-refractivity contribution in [3.8, 4) is 5.75 Å². The molecular weight excluding hydrogens is 469 g/mol. The minimum atomic E-state index is -0.895. The number of aryl methyl sites for hydroxylation is 1. The maximum atomic E-state index is 13.6. The van der Waals surface area contributed by atoms with Gasteiger partial charge in [0, 0.05) is 5.69 Å². The molecule has 0 bridgehead atoms. The zero-order valence-corrected chi connectivity index (χ0v) is 20.2. The van der Waals surface area contributed by atoms with Gasteiger partial charge in [-0.3, -0.25) is 4.90 Å². The van der Waals surface area contributed by atoms with Crippen LogP contribution in [0, 0.1) is 5.82 Å². The zero-order chi connectivity index (χ0) is 25.6. The smallest absolute Gasteiger partial charge is 0.415 e. The van der Waals surface area contributed by atoms with Crippen LogP contribution in [0.25, 0.3) is 0 Å². The van der Waals surface area contributed by atoms with Crippen molar-refractivity contribution in [1.82, 2.24) is 0 Å². The summed E-state index contributed by atoms with van der Waals surface area (Å²) in [7, 11) is 0. The topological polar surface area (TPSA) is 59.0 Å². The Morgan fingerprint density at radius 1 is 0.838 bits per heavy atom. The minimum absolute atomic E-state index is 0.396. The fourth-order valence-corrected chi connectivity index (χ4v) is 4.62. The number of hydrogen-bond donors (Lipinski definition) is 1. The molecule has 1 aliphatic heterocycles. The number of carbonyl (C=O) groups excluding carboxylic acids is 1. The highest BCUT2D eigenvalue weighted by molar-refractivity contribution is 5.91. The highest BCUT2D eigenvalue weighted by atomic mass is 19.1. The van der Waals surface area contributed by atoms with Crippen LogP contribution in [0.4, 0.5) is 14.9 Å². The van der Waals surface area contributed by atoms with E-state index < -0.39 is 30.2 Å². The second-order valence-corrected chi connectivity index (χ2v) is 9.07. The van der Waals surface area contributed by atoms with E-state index in [2.05, 4.69) is 0 Å². The molecule has 0 aliphatic carbocycles. The van der Waals surface area contributed by atoms with E-state index in [-0.39, 0.29) is 0 Å². The third-order valence-corrected chi connectivity index (χ3v) is 6.55. The van der Waals surface area contributed by atoms with E-state index in [0.29, 0.717) is 30.9 Å². The number of ether oxygens (including phenoxy) is 2. The number of carbonyl (C=O) groups is 1. The van der Waals surface area contributed by atoms with Crippen LogP contribution in [0.2, 0.25) is 0 Å². The average Bonchev–Trinajstić information content (AvgIpc) is 3.29. The number of rotatable bonds is 9. The van der Waals surface area contributed by atoms with Crippen LogP contribution in [-0.2, 0) is 17.8 Å². The number of aliphatic hydroxyl groups is 1. The molecule has 4 aromatic rings. The van der Waals surface area contributed by atoms with Gasteiger partial charge >= 0.3 is 6.09 Å². The van der Waals surface area contributed by atoms with Crippen molar-refractivity contribution in [2.75, 3.05) is 4.90 Å². The van der Waals surface area contributed by atoms with Crippen molar-refractivity contribution < 1.29 is 23.8 Å². The number of nitrogens with zero attached hydrogens (tertiary/aromatic N) is 1. The normalized spacial score (nSPS) is 17.9. The van der Waals surface area contributed by atoms with E-state index in [1.54, 1.807) is 12.1 Å². The van der Waals surface area contributed by atoms with Crippen molar-refractivity contribution in [1.29, 1.82) is 0 Å². The van der Waals surface area contributed by atoms with Crippen LogP contribution in [0.3, 0.4) is 0 Å². The molecule has 1 fully saturated rings. The summed E-state index contributed by atoms with van der Waals surface area (Å²) in [6.45, 7) is 0.438. The Morgan fingerprint density at radius 3 is 2.11 bits per heavy atom. The quantitative estimate of drug-likeness (QED) is 0.288. The molecule has 4 aromatic carbocycles. The zero-order valence-electron chi connectivity index (χ0n) is 20.2. The number of cyclic esters (lactones) is 1. The molecular formula is C31H28FNO4. The van der Waals surface area contributed by atoms with Crippen LogP contribution in [-0.4, -0.2) is 23.4 Å². The highest BCUT2D eigenvalue weighted by Crippen LogP contribution is 2.40. The van der Waals surface area contributed by atoms with E-state index in [0.717, 1.165) is 16.7 Å². The molecule has 0 saturated carbocycles. The molecule has 37 heavy (non-hydrogen) atoms. The summed E-state index contributed by atoms with van der Waals surface area (Å²) in [6.07, 6.45) is -1.20. The molecule has 0 unspecified atom stereocenters. The van der Waals surface area contributed by atoms with Crippen molar-refractivity contribution in [2.24, 2.45) is 0 Å². The average molecular weight is 498 g/mol. The highest BCUT2D eigenvalue weighted by Gasteiger charge is 2.46. The van der Waals surface area contributed by atoms with Crippen molar-refractivity contribution in [2.45, 2.75) is 37.7 Å². The Kier molecular flexibility index (Phi) is 7.47. The van der Waals surface area contributed by atoms with E-state index in [9.17, 15) is 14.3 Å². The molecule has 5 rings (SSSR count). The second-order valence-electron chi connectivity index (χ2n) is 9.07. The van der Waals surface area contributed by atoms with Gasteiger partial charge in [0.1, 0.15) is 24.2 Å². The van der Waals surface area contributed by atoms with Gasteiger partial charge in [-0.2, -0.15) is 0 Å². The van der Waals surface area contributed by atoms with Crippen LogP contribution in [0.15, 0.2) is 109 Å². The van der Waals surface area contributed by atoms with Gasteiger partial charge in [0.25, 0.3) is 0 Å². The molecule has 188 valence electrons. The van der Waals surface area contributed by atoms with Crippen molar-refractivity contribution in [3.05, 3.63) is 132 Å². The molecule has 1 aliphatic rings. The first kappa shape index (κ1) is 24.5. The number of hydrogen-bond acceptors (Lipinski definition) is 4. The van der Waals surface area contributed by atoms with Gasteiger partial charge in [0.15, 0.2) is 6.10 Å². The van der Waals surface area contributed by atoms with Crippen LogP contribution < -0.4 is 9.64 Å². The SMILES string of the molecule is O=C1O[C@H]([C@@H](O)CCc2ccccc2)[C@@H](c2ccc(OCc3ccccc3)cc2)N1c1ccc(F)cc1. The maximum Gasteiger partial charge on any atom is 0.415 e. The fraction of sp³-hybridized carbons (Fsp3) is 0.194. The van der Waals surface area contributed by atoms with Crippen LogP contribution in [0.5, 0.6) is 5.75 Å². The van der Waals surface area contributed by atoms with E-state index in [1.807, 2.05) is 84.9 Å². The Morgan fingerprint density at radius 2 is 1.46 bits per heavy atom. The lowest BCUT2D eigenvalue weighted by Gasteiger charge is -2.27. The largest absolute Gasteiger partial charge is 0.489 e. The molecule has 0 aromatic heterocycles. The molecule has 3 atom stereocenters. The fourth-order valence-electron chi connectivity index (χ4n) is 4.62. The molecule has 1 heterocycles. The van der Waals surface area contributed by atoms with Gasteiger partial charge in [-0.15, -0.1) is 0 Å². The first-order chi connectivity index (χ1) is 18.1. The van der Waals surface area contributed by atoms with Crippen LogP contribution in [0.1, 0.15) is 29.2 Å². The molecule has 0 radical (unpaired) electrons. The van der Waals surface area contributed by atoms with E-state index >= 15 is 0 Å². The first-order valence-corrected chi connectivity index (χ1v) is 12.3.